The number of rotatable bonds is 4. The van der Waals surface area contributed by atoms with Gasteiger partial charge in [-0.05, 0) is 25.2 Å². The molecule has 0 amide bonds. The van der Waals surface area contributed by atoms with E-state index in [1.165, 1.54) is 12.1 Å². The molecule has 0 radical (unpaired) electrons. The van der Waals surface area contributed by atoms with Crippen LogP contribution >= 0.6 is 24.0 Å². The van der Waals surface area contributed by atoms with Gasteiger partial charge in [-0.2, -0.15) is 0 Å². The Hall–Kier alpha value is -0.510. The first kappa shape index (κ1) is 13.5. The second-order valence-corrected chi connectivity index (χ2v) is 2.96. The van der Waals surface area contributed by atoms with Crippen molar-refractivity contribution in [2.45, 2.75) is 0 Å². The predicted octanol–water partition coefficient (Wildman–Crippen LogP) is 2.50. The van der Waals surface area contributed by atoms with E-state index in [1.54, 1.807) is 6.07 Å². The molecule has 1 aromatic carbocycles. The lowest BCUT2D eigenvalue weighted by atomic mass is 10.3. The Balaban J connectivity index is 0.00000169. The molecule has 1 rings (SSSR count). The minimum absolute atomic E-state index is 0. The molecule has 0 saturated heterocycles. The van der Waals surface area contributed by atoms with Crippen LogP contribution in [0.5, 0.6) is 5.75 Å². The quantitative estimate of drug-likeness (QED) is 0.816. The number of ether oxygens (including phenoxy) is 1. The Kier molecular flexibility index (Phi) is 6.62. The number of hydrogen-bond donors (Lipinski definition) is 1. The number of benzene rings is 1. The van der Waals surface area contributed by atoms with Crippen LogP contribution in [0.3, 0.4) is 0 Å². The molecular formula is C9H12Cl2FNO. The monoisotopic (exact) mass is 239 g/mol. The smallest absolute Gasteiger partial charge is 0.166 e. The second kappa shape index (κ2) is 6.87. The van der Waals surface area contributed by atoms with Crippen LogP contribution in [0.4, 0.5) is 4.39 Å². The van der Waals surface area contributed by atoms with Crippen LogP contribution < -0.4 is 10.1 Å². The fraction of sp³-hybridized carbons (Fsp3) is 0.333. The zero-order valence-electron chi connectivity index (χ0n) is 7.72. The van der Waals surface area contributed by atoms with E-state index in [1.807, 2.05) is 7.05 Å². The van der Waals surface area contributed by atoms with E-state index in [0.29, 0.717) is 18.2 Å². The molecule has 0 aliphatic rings. The fourth-order valence-electron chi connectivity index (χ4n) is 0.855. The van der Waals surface area contributed by atoms with Crippen molar-refractivity contribution in [2.75, 3.05) is 20.2 Å². The first-order valence-electron chi connectivity index (χ1n) is 3.96. The van der Waals surface area contributed by atoms with Crippen molar-refractivity contribution < 1.29 is 9.13 Å². The van der Waals surface area contributed by atoms with Gasteiger partial charge in [0.2, 0.25) is 0 Å². The van der Waals surface area contributed by atoms with Crippen molar-refractivity contribution in [3.05, 3.63) is 29.0 Å². The summed E-state index contributed by atoms with van der Waals surface area (Å²) < 4.78 is 18.2. The maximum absolute atomic E-state index is 13.0. The van der Waals surface area contributed by atoms with Crippen LogP contribution in [0, 0.1) is 5.82 Å². The van der Waals surface area contributed by atoms with E-state index < -0.39 is 5.82 Å². The lowest BCUT2D eigenvalue weighted by molar-refractivity contribution is 0.302. The second-order valence-electron chi connectivity index (χ2n) is 2.53. The van der Waals surface area contributed by atoms with Gasteiger partial charge in [-0.3, -0.25) is 0 Å². The van der Waals surface area contributed by atoms with Gasteiger partial charge in [0.25, 0.3) is 0 Å². The molecule has 0 aliphatic carbocycles. The van der Waals surface area contributed by atoms with Crippen LogP contribution in [0.25, 0.3) is 0 Å². The highest BCUT2D eigenvalue weighted by Crippen LogP contribution is 2.20. The predicted molar refractivity (Wildman–Crippen MR) is 58.1 cm³/mol. The first-order valence-corrected chi connectivity index (χ1v) is 4.34. The molecule has 0 heterocycles. The molecule has 0 atom stereocenters. The van der Waals surface area contributed by atoms with Gasteiger partial charge in [0.1, 0.15) is 6.61 Å². The summed E-state index contributed by atoms with van der Waals surface area (Å²) >= 11 is 5.57. The summed E-state index contributed by atoms with van der Waals surface area (Å²) in [5, 5.41) is 3.27. The highest BCUT2D eigenvalue weighted by molar-refractivity contribution is 6.30. The Bertz CT molecular complexity index is 284. The van der Waals surface area contributed by atoms with Gasteiger partial charge in [0.05, 0.1) is 0 Å². The highest BCUT2D eigenvalue weighted by atomic mass is 35.5. The normalized spacial score (nSPS) is 9.36. The van der Waals surface area contributed by atoms with Gasteiger partial charge < -0.3 is 10.1 Å². The summed E-state index contributed by atoms with van der Waals surface area (Å²) in [6.45, 7) is 1.12. The van der Waals surface area contributed by atoms with Crippen LogP contribution in [0.15, 0.2) is 18.2 Å². The molecule has 0 unspecified atom stereocenters. The van der Waals surface area contributed by atoms with E-state index in [2.05, 4.69) is 5.32 Å². The summed E-state index contributed by atoms with van der Waals surface area (Å²) in [5.41, 5.74) is 0. The summed E-state index contributed by atoms with van der Waals surface area (Å²) in [6.07, 6.45) is 0. The van der Waals surface area contributed by atoms with Crippen molar-refractivity contribution in [1.29, 1.82) is 0 Å². The van der Waals surface area contributed by atoms with Gasteiger partial charge in [-0.15, -0.1) is 12.4 Å². The molecule has 0 spiro atoms. The van der Waals surface area contributed by atoms with Gasteiger partial charge in [0.15, 0.2) is 11.6 Å². The summed E-state index contributed by atoms with van der Waals surface area (Å²) in [7, 11) is 1.81. The molecule has 2 nitrogen and oxygen atoms in total. The molecule has 0 aromatic heterocycles. The molecule has 80 valence electrons. The highest BCUT2D eigenvalue weighted by Gasteiger charge is 2.02. The third-order valence-electron chi connectivity index (χ3n) is 1.50. The molecule has 0 saturated carbocycles. The number of likely N-dealkylation sites (N-methyl/N-ethyl adjacent to an activating group) is 1. The van der Waals surface area contributed by atoms with E-state index in [-0.39, 0.29) is 18.2 Å². The molecule has 0 bridgehead atoms. The average molecular weight is 240 g/mol. The van der Waals surface area contributed by atoms with E-state index >= 15 is 0 Å². The van der Waals surface area contributed by atoms with Crippen molar-refractivity contribution in [1.82, 2.24) is 5.32 Å². The maximum atomic E-state index is 13.0. The minimum atomic E-state index is -0.427. The van der Waals surface area contributed by atoms with Crippen LogP contribution in [-0.4, -0.2) is 20.2 Å². The minimum Gasteiger partial charge on any atom is -0.489 e. The van der Waals surface area contributed by atoms with Gasteiger partial charge >= 0.3 is 0 Å². The summed E-state index contributed by atoms with van der Waals surface area (Å²) in [5.74, 6) is -0.191. The SMILES string of the molecule is CNCCOc1ccc(Cl)cc1F.Cl. The summed E-state index contributed by atoms with van der Waals surface area (Å²) in [4.78, 5) is 0. The molecule has 0 aliphatic heterocycles. The Labute approximate surface area is 93.8 Å². The Morgan fingerprint density at radius 3 is 2.79 bits per heavy atom. The number of hydrogen-bond acceptors (Lipinski definition) is 2. The topological polar surface area (TPSA) is 21.3 Å². The zero-order chi connectivity index (χ0) is 9.68. The van der Waals surface area contributed by atoms with E-state index in [4.69, 9.17) is 16.3 Å². The van der Waals surface area contributed by atoms with Crippen molar-refractivity contribution in [3.8, 4) is 5.75 Å². The van der Waals surface area contributed by atoms with Crippen LogP contribution in [-0.2, 0) is 0 Å². The third-order valence-corrected chi connectivity index (χ3v) is 1.74. The lowest BCUT2D eigenvalue weighted by Gasteiger charge is -2.06. The van der Waals surface area contributed by atoms with Crippen LogP contribution in [0.1, 0.15) is 0 Å². The fourth-order valence-corrected chi connectivity index (χ4v) is 1.01. The van der Waals surface area contributed by atoms with Gasteiger partial charge in [-0.1, -0.05) is 11.6 Å². The largest absolute Gasteiger partial charge is 0.489 e. The average Bonchev–Trinajstić information content (AvgIpc) is 2.09. The Morgan fingerprint density at radius 2 is 2.21 bits per heavy atom. The molecular weight excluding hydrogens is 228 g/mol. The molecule has 1 aromatic rings. The zero-order valence-corrected chi connectivity index (χ0v) is 9.29. The molecule has 14 heavy (non-hydrogen) atoms. The maximum Gasteiger partial charge on any atom is 0.166 e. The standard InChI is InChI=1S/C9H11ClFNO.ClH/c1-12-4-5-13-9-3-2-7(10)6-8(9)11;/h2-3,6,12H,4-5H2,1H3;1H. The lowest BCUT2D eigenvalue weighted by Crippen LogP contribution is -2.16. The van der Waals surface area contributed by atoms with E-state index in [0.717, 1.165) is 0 Å². The van der Waals surface area contributed by atoms with Gasteiger partial charge in [-0.25, -0.2) is 4.39 Å². The van der Waals surface area contributed by atoms with Crippen molar-refractivity contribution in [3.63, 3.8) is 0 Å². The van der Waals surface area contributed by atoms with E-state index in [9.17, 15) is 4.39 Å². The van der Waals surface area contributed by atoms with Crippen LogP contribution in [0.2, 0.25) is 5.02 Å². The van der Waals surface area contributed by atoms with Crippen molar-refractivity contribution >= 4 is 24.0 Å². The number of halogens is 3. The molecule has 0 fully saturated rings. The first-order chi connectivity index (χ1) is 6.24. The third kappa shape index (κ3) is 4.13. The van der Waals surface area contributed by atoms with Crippen molar-refractivity contribution in [2.24, 2.45) is 0 Å². The molecule has 5 heteroatoms. The Morgan fingerprint density at radius 1 is 1.50 bits per heavy atom. The van der Waals surface area contributed by atoms with Gasteiger partial charge in [0, 0.05) is 11.6 Å². The number of nitrogens with one attached hydrogen (secondary N) is 1. The summed E-state index contributed by atoms with van der Waals surface area (Å²) in [6, 6.07) is 4.35. The molecule has 1 N–H and O–H groups in total.